The highest BCUT2D eigenvalue weighted by Crippen LogP contribution is 2.25. The number of nitrogens with one attached hydrogen (secondary N) is 1. The number of methoxy groups -OCH3 is 1. The van der Waals surface area contributed by atoms with Crippen LogP contribution in [0.4, 0.5) is 13.2 Å². The lowest BCUT2D eigenvalue weighted by Crippen LogP contribution is -2.56. The molecule has 0 radical (unpaired) electrons. The van der Waals surface area contributed by atoms with Crippen LogP contribution in [0.2, 0.25) is 0 Å². The second-order valence-corrected chi connectivity index (χ2v) is 6.45. The van der Waals surface area contributed by atoms with E-state index in [0.29, 0.717) is 38.7 Å². The van der Waals surface area contributed by atoms with Crippen molar-refractivity contribution in [3.05, 3.63) is 29.3 Å². The lowest BCUT2D eigenvalue weighted by molar-refractivity contribution is -0.181. The van der Waals surface area contributed by atoms with Crippen molar-refractivity contribution >= 4 is 5.96 Å². The molecule has 26 heavy (non-hydrogen) atoms. The smallest absolute Gasteiger partial charge is 0.403 e. The Hall–Kier alpha value is -1.96. The highest BCUT2D eigenvalue weighted by molar-refractivity contribution is 5.80. The van der Waals surface area contributed by atoms with Gasteiger partial charge in [-0.1, -0.05) is 12.1 Å². The Morgan fingerprint density at radius 2 is 1.92 bits per heavy atom. The molecule has 1 saturated heterocycles. The molecule has 1 heterocycles. The first-order valence-corrected chi connectivity index (χ1v) is 8.66. The van der Waals surface area contributed by atoms with Crippen molar-refractivity contribution in [2.45, 2.75) is 32.6 Å². The van der Waals surface area contributed by atoms with E-state index in [-0.39, 0.29) is 0 Å². The first kappa shape index (κ1) is 20.4. The summed E-state index contributed by atoms with van der Waals surface area (Å²) in [5.41, 5.74) is 2.12. The molecule has 1 unspecified atom stereocenters. The molecule has 1 aliphatic heterocycles. The van der Waals surface area contributed by atoms with E-state index in [9.17, 15) is 13.2 Å². The average Bonchev–Trinajstić information content (AvgIpc) is 2.62. The Kier molecular flexibility index (Phi) is 6.75. The van der Waals surface area contributed by atoms with Gasteiger partial charge in [0.2, 0.25) is 0 Å². The number of ether oxygens (including phenoxy) is 1. The molecule has 0 aromatic heterocycles. The second kappa shape index (κ2) is 8.62. The molecule has 1 aliphatic rings. The third-order valence-corrected chi connectivity index (χ3v) is 4.77. The number of rotatable bonds is 4. The van der Waals surface area contributed by atoms with Crippen molar-refractivity contribution in [2.24, 2.45) is 4.99 Å². The molecular weight excluding hydrogens is 345 g/mol. The molecule has 1 fully saturated rings. The standard InChI is InChI=1S/C18H27F3N4O/c1-13-5-6-15(11-16(13)26-4)12-23-17(22-3)25-9-7-24(8-10-25)14(2)18(19,20)21/h5-6,11,14H,7-10,12H2,1-4H3,(H,22,23). The number of halogens is 3. The highest BCUT2D eigenvalue weighted by atomic mass is 19.4. The molecule has 0 aliphatic carbocycles. The third-order valence-electron chi connectivity index (χ3n) is 4.77. The maximum Gasteiger partial charge on any atom is 0.403 e. The lowest BCUT2D eigenvalue weighted by Gasteiger charge is -2.39. The molecule has 0 amide bonds. The summed E-state index contributed by atoms with van der Waals surface area (Å²) in [6.45, 7) is 5.51. The summed E-state index contributed by atoms with van der Waals surface area (Å²) < 4.78 is 43.9. The lowest BCUT2D eigenvalue weighted by atomic mass is 10.1. The molecule has 146 valence electrons. The number of hydrogen-bond donors (Lipinski definition) is 1. The van der Waals surface area contributed by atoms with Crippen molar-refractivity contribution < 1.29 is 17.9 Å². The molecule has 0 saturated carbocycles. The third kappa shape index (κ3) is 5.03. The van der Waals surface area contributed by atoms with Crippen LogP contribution in [0.25, 0.3) is 0 Å². The van der Waals surface area contributed by atoms with Gasteiger partial charge in [-0.15, -0.1) is 0 Å². The predicted octanol–water partition coefficient (Wildman–Crippen LogP) is 2.65. The molecule has 2 rings (SSSR count). The molecule has 1 N–H and O–H groups in total. The summed E-state index contributed by atoms with van der Waals surface area (Å²) in [6, 6.07) is 4.56. The van der Waals surface area contributed by atoms with Gasteiger partial charge in [0.15, 0.2) is 5.96 Å². The molecule has 0 bridgehead atoms. The van der Waals surface area contributed by atoms with Crippen molar-refractivity contribution in [3.8, 4) is 5.75 Å². The Balaban J connectivity index is 1.90. The number of benzene rings is 1. The Labute approximate surface area is 152 Å². The van der Waals surface area contributed by atoms with Gasteiger partial charge in [0.1, 0.15) is 11.8 Å². The van der Waals surface area contributed by atoms with E-state index in [2.05, 4.69) is 10.3 Å². The fraction of sp³-hybridized carbons (Fsp3) is 0.611. The molecule has 1 aromatic rings. The summed E-state index contributed by atoms with van der Waals surface area (Å²) in [5, 5.41) is 3.28. The van der Waals surface area contributed by atoms with Gasteiger partial charge >= 0.3 is 6.18 Å². The van der Waals surface area contributed by atoms with Crippen LogP contribution in [0.15, 0.2) is 23.2 Å². The Bertz CT molecular complexity index is 625. The van der Waals surface area contributed by atoms with E-state index in [1.54, 1.807) is 14.2 Å². The van der Waals surface area contributed by atoms with Crippen LogP contribution in [0.1, 0.15) is 18.1 Å². The van der Waals surface area contributed by atoms with Gasteiger partial charge in [-0.25, -0.2) is 0 Å². The predicted molar refractivity (Wildman–Crippen MR) is 96.6 cm³/mol. The maximum atomic E-state index is 12.9. The van der Waals surface area contributed by atoms with Gasteiger partial charge in [-0.05, 0) is 31.0 Å². The molecule has 8 heteroatoms. The first-order chi connectivity index (χ1) is 12.3. The fourth-order valence-electron chi connectivity index (χ4n) is 3.02. The van der Waals surface area contributed by atoms with E-state index < -0.39 is 12.2 Å². The van der Waals surface area contributed by atoms with E-state index >= 15 is 0 Å². The summed E-state index contributed by atoms with van der Waals surface area (Å²) >= 11 is 0. The summed E-state index contributed by atoms with van der Waals surface area (Å²) in [7, 11) is 3.32. The second-order valence-electron chi connectivity index (χ2n) is 6.45. The number of aliphatic imine (C=N–C) groups is 1. The fourth-order valence-corrected chi connectivity index (χ4v) is 3.02. The van der Waals surface area contributed by atoms with Gasteiger partial charge < -0.3 is 15.0 Å². The molecule has 1 aromatic carbocycles. The molecular formula is C18H27F3N4O. The zero-order valence-corrected chi connectivity index (χ0v) is 15.7. The quantitative estimate of drug-likeness (QED) is 0.652. The Morgan fingerprint density at radius 1 is 1.27 bits per heavy atom. The zero-order chi connectivity index (χ0) is 19.3. The minimum atomic E-state index is -4.19. The Morgan fingerprint density at radius 3 is 2.46 bits per heavy atom. The largest absolute Gasteiger partial charge is 0.496 e. The van der Waals surface area contributed by atoms with Crippen molar-refractivity contribution in [2.75, 3.05) is 40.3 Å². The number of piperazine rings is 1. The van der Waals surface area contributed by atoms with Crippen LogP contribution >= 0.6 is 0 Å². The van der Waals surface area contributed by atoms with Crippen LogP contribution in [-0.2, 0) is 6.54 Å². The van der Waals surface area contributed by atoms with E-state index in [1.165, 1.54) is 11.8 Å². The van der Waals surface area contributed by atoms with Gasteiger partial charge in [-0.3, -0.25) is 9.89 Å². The van der Waals surface area contributed by atoms with Gasteiger partial charge in [0, 0.05) is 39.8 Å². The van der Waals surface area contributed by atoms with Crippen molar-refractivity contribution in [1.29, 1.82) is 0 Å². The van der Waals surface area contributed by atoms with E-state index in [0.717, 1.165) is 16.9 Å². The highest BCUT2D eigenvalue weighted by Gasteiger charge is 2.41. The van der Waals surface area contributed by atoms with Crippen LogP contribution in [-0.4, -0.2) is 68.3 Å². The van der Waals surface area contributed by atoms with E-state index in [1.807, 2.05) is 30.0 Å². The summed E-state index contributed by atoms with van der Waals surface area (Å²) in [4.78, 5) is 7.72. The zero-order valence-electron chi connectivity index (χ0n) is 15.7. The molecule has 0 spiro atoms. The van der Waals surface area contributed by atoms with Crippen LogP contribution in [0.3, 0.4) is 0 Å². The van der Waals surface area contributed by atoms with E-state index in [4.69, 9.17) is 4.74 Å². The number of guanidine groups is 1. The van der Waals surface area contributed by atoms with Gasteiger partial charge in [-0.2, -0.15) is 13.2 Å². The normalized spacial score (nSPS) is 18.0. The van der Waals surface area contributed by atoms with Crippen LogP contribution < -0.4 is 10.1 Å². The average molecular weight is 372 g/mol. The minimum Gasteiger partial charge on any atom is -0.496 e. The van der Waals surface area contributed by atoms with Crippen LogP contribution in [0, 0.1) is 6.92 Å². The van der Waals surface area contributed by atoms with Gasteiger partial charge in [0.25, 0.3) is 0 Å². The number of hydrogen-bond acceptors (Lipinski definition) is 3. The number of aryl methyl sites for hydroxylation is 1. The maximum absolute atomic E-state index is 12.9. The topological polar surface area (TPSA) is 40.1 Å². The van der Waals surface area contributed by atoms with Crippen molar-refractivity contribution in [3.63, 3.8) is 0 Å². The van der Waals surface area contributed by atoms with Crippen LogP contribution in [0.5, 0.6) is 5.75 Å². The number of nitrogens with zero attached hydrogens (tertiary/aromatic N) is 3. The van der Waals surface area contributed by atoms with Crippen molar-refractivity contribution in [1.82, 2.24) is 15.1 Å². The minimum absolute atomic E-state index is 0.361. The summed E-state index contributed by atoms with van der Waals surface area (Å²) in [6.07, 6.45) is -4.19. The first-order valence-electron chi connectivity index (χ1n) is 8.66. The number of alkyl halides is 3. The summed E-state index contributed by atoms with van der Waals surface area (Å²) in [5.74, 6) is 1.53. The SMILES string of the molecule is CN=C(NCc1ccc(C)c(OC)c1)N1CCN(C(C)C(F)(F)F)CC1. The molecule has 5 nitrogen and oxygen atoms in total. The monoisotopic (exact) mass is 372 g/mol. The van der Waals surface area contributed by atoms with Gasteiger partial charge in [0.05, 0.1) is 7.11 Å². The molecule has 1 atom stereocenters.